The van der Waals surface area contributed by atoms with Gasteiger partial charge in [-0.1, -0.05) is 24.3 Å². The number of aliphatic hydroxyl groups excluding tert-OH is 1. The number of aliphatic hydroxyl groups is 1. The van der Waals surface area contributed by atoms with E-state index in [1.807, 2.05) is 24.3 Å². The minimum atomic E-state index is -0.996. The Morgan fingerprint density at radius 1 is 1.17 bits per heavy atom. The Morgan fingerprint density at radius 3 is 2.42 bits per heavy atom. The molecule has 194 valence electrons. The number of nitrogens with two attached hydrogens (primary N) is 1. The zero-order valence-electron chi connectivity index (χ0n) is 19.6. The molecule has 2 atom stereocenters. The fourth-order valence-electron chi connectivity index (χ4n) is 3.28. The minimum Gasteiger partial charge on any atom is -0.487 e. The SMILES string of the molecule is Cc1cc(OCc2ccc(F)cc2F)c(Br)c(=O)n1Cc1ccc(CNC(=O)[C@H](N)[C@@H](C)O)cc1.Cl. The van der Waals surface area contributed by atoms with Crippen LogP contribution in [0.1, 0.15) is 29.3 Å². The molecule has 4 N–H and O–H groups in total. The molecule has 0 saturated heterocycles. The first-order valence-corrected chi connectivity index (χ1v) is 11.6. The number of halogens is 4. The van der Waals surface area contributed by atoms with Crippen molar-refractivity contribution in [1.29, 1.82) is 0 Å². The molecule has 0 aliphatic rings. The van der Waals surface area contributed by atoms with E-state index in [-0.39, 0.29) is 46.9 Å². The summed E-state index contributed by atoms with van der Waals surface area (Å²) in [6.45, 7) is 3.61. The number of hydrogen-bond donors (Lipinski definition) is 3. The number of nitrogens with zero attached hydrogens (tertiary/aromatic N) is 1. The van der Waals surface area contributed by atoms with Gasteiger partial charge in [0.25, 0.3) is 5.56 Å². The summed E-state index contributed by atoms with van der Waals surface area (Å²) in [7, 11) is 0. The number of rotatable bonds is 9. The predicted octanol–water partition coefficient (Wildman–Crippen LogP) is 3.57. The highest BCUT2D eigenvalue weighted by atomic mass is 79.9. The molecule has 11 heteroatoms. The Morgan fingerprint density at radius 2 is 1.81 bits per heavy atom. The third kappa shape index (κ3) is 7.36. The van der Waals surface area contributed by atoms with E-state index in [2.05, 4.69) is 21.2 Å². The molecule has 7 nitrogen and oxygen atoms in total. The number of aryl methyl sites for hydroxylation is 1. The van der Waals surface area contributed by atoms with Gasteiger partial charge in [-0.3, -0.25) is 9.59 Å². The van der Waals surface area contributed by atoms with Gasteiger partial charge in [0.05, 0.1) is 12.6 Å². The van der Waals surface area contributed by atoms with Gasteiger partial charge in [0, 0.05) is 29.9 Å². The van der Waals surface area contributed by atoms with Crippen molar-refractivity contribution in [3.8, 4) is 5.75 Å². The third-order valence-corrected chi connectivity index (χ3v) is 6.20. The van der Waals surface area contributed by atoms with Gasteiger partial charge in [0.15, 0.2) is 0 Å². The number of amides is 1. The van der Waals surface area contributed by atoms with Crippen LogP contribution >= 0.6 is 28.3 Å². The fraction of sp³-hybridized carbons (Fsp3) is 0.280. The Bertz CT molecular complexity index is 1270. The lowest BCUT2D eigenvalue weighted by atomic mass is 10.1. The second kappa shape index (κ2) is 13.0. The lowest BCUT2D eigenvalue weighted by molar-refractivity contribution is -0.124. The summed E-state index contributed by atoms with van der Waals surface area (Å²) < 4.78 is 34.3. The molecule has 3 aromatic rings. The summed E-state index contributed by atoms with van der Waals surface area (Å²) in [5.41, 5.74) is 7.79. The number of hydrogen-bond acceptors (Lipinski definition) is 5. The Hall–Kier alpha value is -2.79. The normalized spacial score (nSPS) is 12.4. The molecule has 0 bridgehead atoms. The van der Waals surface area contributed by atoms with Gasteiger partial charge in [0.2, 0.25) is 5.91 Å². The van der Waals surface area contributed by atoms with Gasteiger partial charge in [0.1, 0.15) is 34.5 Å². The lowest BCUT2D eigenvalue weighted by Gasteiger charge is -2.16. The van der Waals surface area contributed by atoms with E-state index in [0.29, 0.717) is 12.2 Å². The smallest absolute Gasteiger partial charge is 0.269 e. The van der Waals surface area contributed by atoms with Crippen LogP contribution in [0.15, 0.2) is 57.8 Å². The highest BCUT2D eigenvalue weighted by Gasteiger charge is 2.18. The van der Waals surface area contributed by atoms with Gasteiger partial charge in [-0.05, 0) is 53.0 Å². The Balaban J connectivity index is 0.00000456. The van der Waals surface area contributed by atoms with Crippen LogP contribution in [0.3, 0.4) is 0 Å². The van der Waals surface area contributed by atoms with Crippen LogP contribution in [0.4, 0.5) is 8.78 Å². The van der Waals surface area contributed by atoms with E-state index < -0.39 is 29.7 Å². The molecule has 1 amide bonds. The summed E-state index contributed by atoms with van der Waals surface area (Å²) in [5, 5.41) is 12.1. The number of carbonyl (C=O) groups is 1. The van der Waals surface area contributed by atoms with Crippen molar-refractivity contribution in [2.75, 3.05) is 0 Å². The van der Waals surface area contributed by atoms with E-state index in [1.54, 1.807) is 17.6 Å². The van der Waals surface area contributed by atoms with Gasteiger partial charge in [-0.2, -0.15) is 0 Å². The van der Waals surface area contributed by atoms with Gasteiger partial charge < -0.3 is 25.5 Å². The zero-order chi connectivity index (χ0) is 25.7. The first-order valence-electron chi connectivity index (χ1n) is 10.8. The van der Waals surface area contributed by atoms with Crippen molar-refractivity contribution < 1.29 is 23.4 Å². The second-order valence-electron chi connectivity index (χ2n) is 8.18. The second-order valence-corrected chi connectivity index (χ2v) is 8.97. The largest absolute Gasteiger partial charge is 0.487 e. The number of benzene rings is 2. The van der Waals surface area contributed by atoms with Crippen molar-refractivity contribution >= 4 is 34.2 Å². The van der Waals surface area contributed by atoms with Crippen molar-refractivity contribution in [2.24, 2.45) is 5.73 Å². The van der Waals surface area contributed by atoms with Crippen molar-refractivity contribution in [1.82, 2.24) is 9.88 Å². The molecule has 0 aliphatic heterocycles. The maximum absolute atomic E-state index is 13.9. The van der Waals surface area contributed by atoms with Crippen LogP contribution in [-0.4, -0.2) is 27.7 Å². The molecule has 2 aromatic carbocycles. The van der Waals surface area contributed by atoms with Crippen LogP contribution in [0.2, 0.25) is 0 Å². The number of pyridine rings is 1. The van der Waals surface area contributed by atoms with E-state index in [9.17, 15) is 23.5 Å². The highest BCUT2D eigenvalue weighted by molar-refractivity contribution is 9.10. The Labute approximate surface area is 221 Å². The first-order chi connectivity index (χ1) is 16.6. The summed E-state index contributed by atoms with van der Waals surface area (Å²) in [6, 6.07) is 11.2. The molecular weight excluding hydrogens is 560 g/mol. The van der Waals surface area contributed by atoms with Crippen molar-refractivity contribution in [3.05, 3.63) is 97.4 Å². The zero-order valence-corrected chi connectivity index (χ0v) is 22.0. The first kappa shape index (κ1) is 29.4. The van der Waals surface area contributed by atoms with E-state index in [0.717, 1.165) is 23.3 Å². The summed E-state index contributed by atoms with van der Waals surface area (Å²) in [6.07, 6.45) is -0.945. The quantitative estimate of drug-likeness (QED) is 0.356. The summed E-state index contributed by atoms with van der Waals surface area (Å²) in [5.74, 6) is -1.58. The average Bonchev–Trinajstić information content (AvgIpc) is 2.82. The summed E-state index contributed by atoms with van der Waals surface area (Å²) >= 11 is 3.27. The van der Waals surface area contributed by atoms with Crippen molar-refractivity contribution in [3.63, 3.8) is 0 Å². The van der Waals surface area contributed by atoms with Gasteiger partial charge in [-0.15, -0.1) is 12.4 Å². The van der Waals surface area contributed by atoms with E-state index >= 15 is 0 Å². The van der Waals surface area contributed by atoms with Crippen LogP contribution in [0.25, 0.3) is 0 Å². The third-order valence-electron chi connectivity index (χ3n) is 5.47. The molecule has 0 aliphatic carbocycles. The monoisotopic (exact) mass is 585 g/mol. The maximum Gasteiger partial charge on any atom is 0.269 e. The molecule has 1 aromatic heterocycles. The number of aromatic nitrogens is 1. The number of carbonyl (C=O) groups excluding carboxylic acids is 1. The predicted molar refractivity (Wildman–Crippen MR) is 138 cm³/mol. The molecule has 1 heterocycles. The average molecular weight is 587 g/mol. The van der Waals surface area contributed by atoms with Crippen LogP contribution in [0, 0.1) is 18.6 Å². The van der Waals surface area contributed by atoms with Gasteiger partial charge in [-0.25, -0.2) is 8.78 Å². The number of ether oxygens (including phenoxy) is 1. The van der Waals surface area contributed by atoms with E-state index in [1.165, 1.54) is 13.0 Å². The molecule has 0 unspecified atom stereocenters. The Kier molecular flexibility index (Phi) is 10.6. The van der Waals surface area contributed by atoms with Crippen LogP contribution < -0.4 is 21.3 Å². The fourth-order valence-corrected chi connectivity index (χ4v) is 3.72. The summed E-state index contributed by atoms with van der Waals surface area (Å²) in [4.78, 5) is 24.8. The molecule has 36 heavy (non-hydrogen) atoms. The molecule has 0 radical (unpaired) electrons. The molecular formula is C25H27BrClF2N3O4. The molecule has 0 fully saturated rings. The molecule has 3 rings (SSSR count). The highest BCUT2D eigenvalue weighted by Crippen LogP contribution is 2.24. The lowest BCUT2D eigenvalue weighted by Crippen LogP contribution is -2.46. The minimum absolute atomic E-state index is 0. The van der Waals surface area contributed by atoms with Crippen LogP contribution in [-0.2, 0) is 24.5 Å². The molecule has 0 saturated carbocycles. The molecule has 0 spiro atoms. The topological polar surface area (TPSA) is 107 Å². The standard InChI is InChI=1S/C25H26BrF2N3O4.ClH/c1-14-9-21(35-13-18-7-8-19(27)10-20(18)28)22(26)25(34)31(14)12-17-5-3-16(4-6-17)11-30-24(33)23(29)15(2)32;/h3-10,15,23,32H,11-13,29H2,1-2H3,(H,30,33);1H/t15-,23-;/m1./s1. The van der Waals surface area contributed by atoms with E-state index in [4.69, 9.17) is 10.5 Å². The van der Waals surface area contributed by atoms with Gasteiger partial charge >= 0.3 is 0 Å². The van der Waals surface area contributed by atoms with Crippen molar-refractivity contribution in [2.45, 2.75) is 45.7 Å². The maximum atomic E-state index is 13.9. The van der Waals surface area contributed by atoms with Crippen LogP contribution in [0.5, 0.6) is 5.75 Å². The number of nitrogens with one attached hydrogen (secondary N) is 1.